The third-order valence-electron chi connectivity index (χ3n) is 8.84. The van der Waals surface area contributed by atoms with Gasteiger partial charge < -0.3 is 15.0 Å². The van der Waals surface area contributed by atoms with Crippen molar-refractivity contribution in [2.45, 2.75) is 57.7 Å². The summed E-state index contributed by atoms with van der Waals surface area (Å²) >= 11 is 0. The maximum absolute atomic E-state index is 13.6. The highest BCUT2D eigenvalue weighted by Gasteiger charge is 2.50. The van der Waals surface area contributed by atoms with Gasteiger partial charge in [-0.3, -0.25) is 14.5 Å². The lowest BCUT2D eigenvalue weighted by Gasteiger charge is -2.43. The minimum Gasteiger partial charge on any atom is -0.435 e. The van der Waals surface area contributed by atoms with Crippen LogP contribution >= 0.6 is 0 Å². The second-order valence-electron chi connectivity index (χ2n) is 10.9. The molecule has 1 spiro atoms. The zero-order valence-electron chi connectivity index (χ0n) is 22.0. The molecule has 3 atom stereocenters. The third kappa shape index (κ3) is 5.47. The zero-order chi connectivity index (χ0) is 26.7. The maximum atomic E-state index is 13.6. The van der Waals surface area contributed by atoms with Gasteiger partial charge in [-0.15, -0.1) is 0 Å². The van der Waals surface area contributed by atoms with Gasteiger partial charge in [-0.25, -0.2) is 0 Å². The van der Waals surface area contributed by atoms with Crippen LogP contribution in [0.4, 0.5) is 8.78 Å². The number of carbonyl (C=O) groups excluding carboxylic acids is 2. The lowest BCUT2D eigenvalue weighted by molar-refractivity contribution is -0.140. The maximum Gasteiger partial charge on any atom is 0.387 e. The lowest BCUT2D eigenvalue weighted by Crippen LogP contribution is -2.54. The number of ketones is 1. The molecule has 1 amide bonds. The highest BCUT2D eigenvalue weighted by Crippen LogP contribution is 2.44. The Hall–Kier alpha value is -2.84. The Balaban J connectivity index is 1.23. The Morgan fingerprint density at radius 2 is 1.71 bits per heavy atom. The van der Waals surface area contributed by atoms with Crippen molar-refractivity contribution in [2.75, 3.05) is 32.7 Å². The molecule has 3 aliphatic heterocycles. The summed E-state index contributed by atoms with van der Waals surface area (Å²) in [6.07, 6.45) is 2.84. The van der Waals surface area contributed by atoms with Crippen molar-refractivity contribution in [1.82, 2.24) is 15.1 Å². The first-order valence-electron chi connectivity index (χ1n) is 13.8. The molecule has 3 fully saturated rings. The first-order valence-corrected chi connectivity index (χ1v) is 13.8. The fourth-order valence-corrected chi connectivity index (χ4v) is 6.75. The van der Waals surface area contributed by atoms with Crippen molar-refractivity contribution in [1.29, 1.82) is 0 Å². The van der Waals surface area contributed by atoms with Crippen LogP contribution < -0.4 is 10.1 Å². The molecule has 2 aromatic rings. The van der Waals surface area contributed by atoms with Gasteiger partial charge in [-0.05, 0) is 55.6 Å². The van der Waals surface area contributed by atoms with Crippen LogP contribution in [0.5, 0.6) is 5.75 Å². The molecule has 5 rings (SSSR count). The first kappa shape index (κ1) is 26.8. The van der Waals surface area contributed by atoms with E-state index in [4.69, 9.17) is 0 Å². The van der Waals surface area contributed by atoms with Crippen LogP contribution in [-0.2, 0) is 16.1 Å². The molecule has 3 aliphatic rings. The molecule has 204 valence electrons. The number of nitrogens with one attached hydrogen (secondary N) is 1. The SMILES string of the molecule is CCC(=O)C([C@@H]1CNC[C@@H]1c1ccccc1)N1CCC2(CCN(Cc3ccc(OC(F)F)cc3)C2=O)CC1. The second kappa shape index (κ2) is 11.5. The summed E-state index contributed by atoms with van der Waals surface area (Å²) in [6.45, 7) is 3.44. The van der Waals surface area contributed by atoms with E-state index in [-0.39, 0.29) is 34.8 Å². The number of hydrogen-bond acceptors (Lipinski definition) is 5. The predicted molar refractivity (Wildman–Crippen MR) is 141 cm³/mol. The van der Waals surface area contributed by atoms with Crippen molar-refractivity contribution in [3.8, 4) is 5.75 Å². The molecule has 38 heavy (non-hydrogen) atoms. The predicted octanol–water partition coefficient (Wildman–Crippen LogP) is 4.45. The molecule has 0 bridgehead atoms. The highest BCUT2D eigenvalue weighted by atomic mass is 19.3. The van der Waals surface area contributed by atoms with E-state index in [9.17, 15) is 18.4 Å². The van der Waals surface area contributed by atoms with E-state index in [0.29, 0.717) is 25.4 Å². The number of ether oxygens (including phenoxy) is 1. The fraction of sp³-hybridized carbons (Fsp3) is 0.533. The van der Waals surface area contributed by atoms with Gasteiger partial charge in [-0.2, -0.15) is 8.78 Å². The minimum absolute atomic E-state index is 0.114. The monoisotopic (exact) mass is 525 g/mol. The van der Waals surface area contributed by atoms with Crippen LogP contribution in [0.3, 0.4) is 0 Å². The van der Waals surface area contributed by atoms with Crippen LogP contribution in [0.1, 0.15) is 49.7 Å². The molecule has 0 aliphatic carbocycles. The molecule has 1 unspecified atom stereocenters. The van der Waals surface area contributed by atoms with Gasteiger partial charge in [0.05, 0.1) is 11.5 Å². The van der Waals surface area contributed by atoms with Crippen LogP contribution in [0.2, 0.25) is 0 Å². The molecular formula is C30H37F2N3O3. The van der Waals surface area contributed by atoms with Crippen molar-refractivity contribution in [3.05, 3.63) is 65.7 Å². The van der Waals surface area contributed by atoms with Gasteiger partial charge >= 0.3 is 6.61 Å². The number of piperidine rings is 1. The number of amides is 1. The van der Waals surface area contributed by atoms with E-state index in [0.717, 1.165) is 51.0 Å². The quantitative estimate of drug-likeness (QED) is 0.524. The molecular weight excluding hydrogens is 488 g/mol. The molecule has 3 saturated heterocycles. The van der Waals surface area contributed by atoms with Gasteiger partial charge in [0.15, 0.2) is 0 Å². The molecule has 6 nitrogen and oxygen atoms in total. The van der Waals surface area contributed by atoms with Gasteiger partial charge in [0.1, 0.15) is 11.5 Å². The normalized spacial score (nSPS) is 24.3. The lowest BCUT2D eigenvalue weighted by atomic mass is 9.75. The van der Waals surface area contributed by atoms with E-state index in [2.05, 4.69) is 39.2 Å². The van der Waals surface area contributed by atoms with E-state index >= 15 is 0 Å². The number of halogens is 2. The number of hydrogen-bond donors (Lipinski definition) is 1. The van der Waals surface area contributed by atoms with Crippen LogP contribution in [0.15, 0.2) is 54.6 Å². The van der Waals surface area contributed by atoms with Crippen molar-refractivity contribution in [3.63, 3.8) is 0 Å². The van der Waals surface area contributed by atoms with Crippen LogP contribution in [-0.4, -0.2) is 66.9 Å². The number of likely N-dealkylation sites (tertiary alicyclic amines) is 2. The topological polar surface area (TPSA) is 61.9 Å². The molecule has 0 radical (unpaired) electrons. The molecule has 0 saturated carbocycles. The molecule has 2 aromatic carbocycles. The fourth-order valence-electron chi connectivity index (χ4n) is 6.75. The summed E-state index contributed by atoms with van der Waals surface area (Å²) in [4.78, 5) is 31.1. The summed E-state index contributed by atoms with van der Waals surface area (Å²) in [5.74, 6) is 1.09. The van der Waals surface area contributed by atoms with Gasteiger partial charge in [0, 0.05) is 44.4 Å². The van der Waals surface area contributed by atoms with Crippen molar-refractivity contribution < 1.29 is 23.1 Å². The largest absolute Gasteiger partial charge is 0.435 e. The van der Waals surface area contributed by atoms with E-state index in [1.807, 2.05) is 17.9 Å². The molecule has 3 heterocycles. The second-order valence-corrected chi connectivity index (χ2v) is 10.9. The van der Waals surface area contributed by atoms with E-state index in [1.54, 1.807) is 12.1 Å². The average Bonchev–Trinajstić information content (AvgIpc) is 3.52. The van der Waals surface area contributed by atoms with Crippen molar-refractivity contribution >= 4 is 11.7 Å². The number of benzene rings is 2. The number of carbonyl (C=O) groups is 2. The van der Waals surface area contributed by atoms with Gasteiger partial charge in [-0.1, -0.05) is 49.4 Å². The van der Waals surface area contributed by atoms with Crippen LogP contribution in [0.25, 0.3) is 0 Å². The van der Waals surface area contributed by atoms with Crippen molar-refractivity contribution in [2.24, 2.45) is 11.3 Å². The average molecular weight is 526 g/mol. The standard InChI is InChI=1S/C30H37F2N3O3/c1-2-26(36)27(25-19-33-18-24(25)22-6-4-3-5-7-22)34-15-12-30(13-16-34)14-17-35(28(30)37)20-21-8-10-23(11-9-21)38-29(31)32/h3-11,24-25,27,29,33H,2,12-20H2,1H3/t24-,25-,27?/m1/s1. The first-order chi connectivity index (χ1) is 18.4. The summed E-state index contributed by atoms with van der Waals surface area (Å²) in [5.41, 5.74) is 1.80. The third-order valence-corrected chi connectivity index (χ3v) is 8.84. The number of rotatable bonds is 9. The molecule has 0 aromatic heterocycles. The summed E-state index contributed by atoms with van der Waals surface area (Å²) in [7, 11) is 0. The van der Waals surface area contributed by atoms with Gasteiger partial charge in [0.2, 0.25) is 5.91 Å². The minimum atomic E-state index is -2.85. The Bertz CT molecular complexity index is 1100. The van der Waals surface area contributed by atoms with E-state index in [1.165, 1.54) is 17.7 Å². The Morgan fingerprint density at radius 1 is 1.03 bits per heavy atom. The summed E-state index contributed by atoms with van der Waals surface area (Å²) in [6, 6.07) is 16.8. The molecule has 8 heteroatoms. The number of Topliss-reactive ketones (excluding diaryl/α,β-unsaturated/α-hetero) is 1. The van der Waals surface area contributed by atoms with E-state index < -0.39 is 6.61 Å². The number of alkyl halides is 2. The Kier molecular flexibility index (Phi) is 8.09. The number of nitrogens with zero attached hydrogens (tertiary/aromatic N) is 2. The Morgan fingerprint density at radius 3 is 2.37 bits per heavy atom. The Labute approximate surface area is 223 Å². The summed E-state index contributed by atoms with van der Waals surface area (Å²) in [5, 5.41) is 3.53. The summed E-state index contributed by atoms with van der Waals surface area (Å²) < 4.78 is 29.3. The van der Waals surface area contributed by atoms with Crippen LogP contribution in [0, 0.1) is 11.3 Å². The smallest absolute Gasteiger partial charge is 0.387 e. The highest BCUT2D eigenvalue weighted by molar-refractivity contribution is 5.86. The zero-order valence-corrected chi connectivity index (χ0v) is 22.0. The molecule has 1 N–H and O–H groups in total. The van der Waals surface area contributed by atoms with Gasteiger partial charge in [0.25, 0.3) is 0 Å².